The van der Waals surface area contributed by atoms with Gasteiger partial charge in [0.15, 0.2) is 0 Å². The Morgan fingerprint density at radius 1 is 1.38 bits per heavy atom. The minimum atomic E-state index is -0.0153. The fourth-order valence-corrected chi connectivity index (χ4v) is 1.43. The average Bonchev–Trinajstić information content (AvgIpc) is 2.67. The van der Waals surface area contributed by atoms with Gasteiger partial charge in [0.05, 0.1) is 18.3 Å². The van der Waals surface area contributed by atoms with E-state index in [1.165, 1.54) is 4.85 Å². The Morgan fingerprint density at radius 3 is 3.00 bits per heavy atom. The molecule has 2 aromatic heterocycles. The van der Waals surface area contributed by atoms with Gasteiger partial charge < -0.3 is 9.94 Å². The van der Waals surface area contributed by atoms with E-state index in [0.717, 1.165) is 5.52 Å². The summed E-state index contributed by atoms with van der Waals surface area (Å²) in [5.74, 6) is 0. The van der Waals surface area contributed by atoms with Crippen molar-refractivity contribution in [3.63, 3.8) is 0 Å². The van der Waals surface area contributed by atoms with Crippen LogP contribution < -0.4 is 4.84 Å². The van der Waals surface area contributed by atoms with Crippen LogP contribution in [0.5, 0.6) is 0 Å². The van der Waals surface area contributed by atoms with Crippen LogP contribution in [0.4, 0.5) is 0 Å². The molecule has 0 saturated carbocycles. The molecule has 2 rings (SSSR count). The molecule has 0 aliphatic carbocycles. The molecule has 4 nitrogen and oxygen atoms in total. The van der Waals surface area contributed by atoms with Crippen LogP contribution in [-0.4, -0.2) is 27.7 Å². The number of nitrogens with zero attached hydrogens (tertiary/aromatic N) is 2. The third-order valence-corrected chi connectivity index (χ3v) is 2.01. The van der Waals surface area contributed by atoms with Crippen molar-refractivity contribution in [3.05, 3.63) is 29.5 Å². The lowest BCUT2D eigenvalue weighted by Gasteiger charge is -2.06. The van der Waals surface area contributed by atoms with Crippen LogP contribution in [0.3, 0.4) is 0 Å². The van der Waals surface area contributed by atoms with E-state index in [-0.39, 0.29) is 13.2 Å². The molecule has 0 aliphatic rings. The van der Waals surface area contributed by atoms with Crippen molar-refractivity contribution < 1.29 is 9.94 Å². The second-order valence-corrected chi connectivity index (χ2v) is 2.96. The Hall–Kier alpha value is -1.13. The zero-order chi connectivity index (χ0) is 9.26. The second kappa shape index (κ2) is 3.32. The summed E-state index contributed by atoms with van der Waals surface area (Å²) in [5.41, 5.74) is 0.961. The number of fused-ring (bicyclic) bond motifs is 1. The van der Waals surface area contributed by atoms with E-state index in [9.17, 15) is 0 Å². The van der Waals surface area contributed by atoms with Crippen molar-refractivity contribution >= 4 is 17.1 Å². The van der Waals surface area contributed by atoms with Gasteiger partial charge in [-0.15, -0.1) is 4.85 Å². The van der Waals surface area contributed by atoms with Gasteiger partial charge in [0.25, 0.3) is 0 Å². The Morgan fingerprint density at radius 2 is 2.23 bits per heavy atom. The molecule has 70 valence electrons. The SMILES string of the molecule is OCCOn1ccc2ccc(Cl)n21. The lowest BCUT2D eigenvalue weighted by molar-refractivity contribution is 0.0477. The van der Waals surface area contributed by atoms with Gasteiger partial charge in [-0.1, -0.05) is 11.6 Å². The van der Waals surface area contributed by atoms with Crippen LogP contribution >= 0.6 is 11.6 Å². The lowest BCUT2D eigenvalue weighted by atomic mass is 10.5. The van der Waals surface area contributed by atoms with Gasteiger partial charge in [-0.3, -0.25) is 0 Å². The number of aliphatic hydroxyl groups is 1. The molecule has 0 fully saturated rings. The third-order valence-electron chi connectivity index (χ3n) is 1.72. The van der Waals surface area contributed by atoms with E-state index < -0.39 is 0 Å². The van der Waals surface area contributed by atoms with Gasteiger partial charge in [-0.25, -0.2) is 4.52 Å². The monoisotopic (exact) mass is 200 g/mol. The van der Waals surface area contributed by atoms with Crippen molar-refractivity contribution in [2.45, 2.75) is 0 Å². The molecule has 0 aromatic carbocycles. The molecule has 0 radical (unpaired) electrons. The van der Waals surface area contributed by atoms with E-state index in [2.05, 4.69) is 0 Å². The lowest BCUT2D eigenvalue weighted by Crippen LogP contribution is -2.18. The highest BCUT2D eigenvalue weighted by Gasteiger charge is 2.03. The summed E-state index contributed by atoms with van der Waals surface area (Å²) in [6.45, 7) is 0.233. The molecule has 0 saturated heterocycles. The van der Waals surface area contributed by atoms with Gasteiger partial charge >= 0.3 is 0 Å². The minimum Gasteiger partial charge on any atom is -0.396 e. The molecule has 2 aromatic rings. The van der Waals surface area contributed by atoms with E-state index >= 15 is 0 Å². The number of hydrogen-bond acceptors (Lipinski definition) is 2. The standard InChI is InChI=1S/C8H9ClN2O2/c9-8-2-1-7-3-4-10(11(7)8)13-6-5-12/h1-4,12H,5-6H2. The molecule has 0 spiro atoms. The second-order valence-electron chi connectivity index (χ2n) is 2.57. The first-order valence-corrected chi connectivity index (χ1v) is 4.29. The predicted molar refractivity (Wildman–Crippen MR) is 48.9 cm³/mol. The maximum Gasteiger partial charge on any atom is 0.140 e. The summed E-state index contributed by atoms with van der Waals surface area (Å²) in [4.78, 5) is 6.69. The molecular formula is C8H9ClN2O2. The molecule has 2 heterocycles. The van der Waals surface area contributed by atoms with E-state index in [0.29, 0.717) is 5.15 Å². The third kappa shape index (κ3) is 1.38. The van der Waals surface area contributed by atoms with Crippen LogP contribution in [0.25, 0.3) is 5.52 Å². The van der Waals surface area contributed by atoms with Crippen LogP contribution in [0.15, 0.2) is 24.4 Å². The van der Waals surface area contributed by atoms with Crippen molar-refractivity contribution in [3.8, 4) is 0 Å². The van der Waals surface area contributed by atoms with Crippen molar-refractivity contribution in [1.82, 2.24) is 9.36 Å². The molecule has 1 N–H and O–H groups in total. The highest BCUT2D eigenvalue weighted by Crippen LogP contribution is 2.14. The minimum absolute atomic E-state index is 0.0153. The molecule has 5 heteroatoms. The Balaban J connectivity index is 2.38. The first-order chi connectivity index (χ1) is 6.33. The largest absolute Gasteiger partial charge is 0.396 e. The fraction of sp³-hybridized carbons (Fsp3) is 0.250. The number of halogens is 1. The van der Waals surface area contributed by atoms with Crippen LogP contribution in [-0.2, 0) is 0 Å². The summed E-state index contributed by atoms with van der Waals surface area (Å²) in [6.07, 6.45) is 1.75. The van der Waals surface area contributed by atoms with Crippen LogP contribution in [0.2, 0.25) is 5.15 Å². The van der Waals surface area contributed by atoms with Crippen molar-refractivity contribution in [1.29, 1.82) is 0 Å². The molecule has 0 bridgehead atoms. The topological polar surface area (TPSA) is 38.8 Å². The highest BCUT2D eigenvalue weighted by atomic mass is 35.5. The molecule has 0 atom stereocenters. The normalized spacial score (nSPS) is 10.9. The van der Waals surface area contributed by atoms with Gasteiger partial charge in [0, 0.05) is 0 Å². The molecule has 0 aliphatic heterocycles. The zero-order valence-electron chi connectivity index (χ0n) is 6.85. The van der Waals surface area contributed by atoms with Gasteiger partial charge in [-0.05, 0) is 18.2 Å². The number of aliphatic hydroxyl groups excluding tert-OH is 1. The zero-order valence-corrected chi connectivity index (χ0v) is 7.61. The Bertz CT molecular complexity index is 407. The quantitative estimate of drug-likeness (QED) is 0.797. The smallest absolute Gasteiger partial charge is 0.140 e. The number of hydrogen-bond donors (Lipinski definition) is 1. The maximum atomic E-state index is 8.58. The first-order valence-electron chi connectivity index (χ1n) is 3.91. The van der Waals surface area contributed by atoms with E-state index in [4.69, 9.17) is 21.5 Å². The fourth-order valence-electron chi connectivity index (χ4n) is 1.19. The summed E-state index contributed by atoms with van der Waals surface area (Å²) in [7, 11) is 0. The summed E-state index contributed by atoms with van der Waals surface area (Å²) < 4.78 is 1.71. The molecular weight excluding hydrogens is 192 g/mol. The maximum absolute atomic E-state index is 8.58. The van der Waals surface area contributed by atoms with Gasteiger partial charge in [-0.2, -0.15) is 0 Å². The number of aromatic nitrogens is 2. The van der Waals surface area contributed by atoms with Crippen molar-refractivity contribution in [2.24, 2.45) is 0 Å². The Kier molecular flexibility index (Phi) is 2.16. The van der Waals surface area contributed by atoms with Crippen molar-refractivity contribution in [2.75, 3.05) is 13.2 Å². The summed E-state index contributed by atoms with van der Waals surface area (Å²) >= 11 is 5.90. The van der Waals surface area contributed by atoms with E-state index in [1.54, 1.807) is 16.8 Å². The summed E-state index contributed by atoms with van der Waals surface area (Å²) in [5, 5.41) is 9.16. The van der Waals surface area contributed by atoms with Gasteiger partial charge in [0.2, 0.25) is 0 Å². The predicted octanol–water partition coefficient (Wildman–Crippen LogP) is 0.815. The Labute approximate surface area is 79.8 Å². The summed E-state index contributed by atoms with van der Waals surface area (Å²) in [6, 6.07) is 5.56. The molecule has 0 amide bonds. The molecule has 0 unspecified atom stereocenters. The first kappa shape index (κ1) is 8.47. The van der Waals surface area contributed by atoms with Crippen LogP contribution in [0.1, 0.15) is 0 Å². The molecule has 13 heavy (non-hydrogen) atoms. The average molecular weight is 201 g/mol. The van der Waals surface area contributed by atoms with E-state index in [1.807, 2.05) is 12.1 Å². The highest BCUT2D eigenvalue weighted by molar-refractivity contribution is 6.29. The number of rotatable bonds is 3. The van der Waals surface area contributed by atoms with Gasteiger partial charge in [0.1, 0.15) is 11.8 Å². The van der Waals surface area contributed by atoms with Crippen LogP contribution in [0, 0.1) is 0 Å².